The lowest BCUT2D eigenvalue weighted by atomic mass is 9.98. The highest BCUT2D eigenvalue weighted by Gasteiger charge is 2.34. The average Bonchev–Trinajstić information content (AvgIpc) is 2.74. The highest BCUT2D eigenvalue weighted by atomic mass is 32.2. The number of rotatable bonds is 6. The van der Waals surface area contributed by atoms with Crippen molar-refractivity contribution in [2.45, 2.75) is 24.7 Å². The van der Waals surface area contributed by atoms with E-state index in [0.717, 1.165) is 5.69 Å². The van der Waals surface area contributed by atoms with Gasteiger partial charge in [-0.05, 0) is 56.2 Å². The molecular formula is C21H26N2O4S. The number of hydrogen-bond donors (Lipinski definition) is 0. The molecule has 1 saturated heterocycles. The van der Waals surface area contributed by atoms with Crippen molar-refractivity contribution >= 4 is 21.6 Å². The zero-order chi connectivity index (χ0) is 20.1. The van der Waals surface area contributed by atoms with E-state index in [1.54, 1.807) is 36.2 Å². The molecule has 6 nitrogen and oxygen atoms in total. The summed E-state index contributed by atoms with van der Waals surface area (Å²) in [7, 11) is -1.91. The molecule has 1 aliphatic rings. The van der Waals surface area contributed by atoms with Crippen LogP contribution in [0, 0.1) is 5.92 Å². The van der Waals surface area contributed by atoms with Crippen LogP contribution in [0.5, 0.6) is 5.75 Å². The molecule has 3 rings (SSSR count). The minimum absolute atomic E-state index is 0.0576. The van der Waals surface area contributed by atoms with E-state index in [4.69, 9.17) is 4.74 Å². The summed E-state index contributed by atoms with van der Waals surface area (Å²) >= 11 is 0. The Hall–Kier alpha value is -2.38. The molecule has 0 bridgehead atoms. The fourth-order valence-electron chi connectivity index (χ4n) is 3.44. The highest BCUT2D eigenvalue weighted by Crippen LogP contribution is 2.27. The lowest BCUT2D eigenvalue weighted by Crippen LogP contribution is -2.45. The van der Waals surface area contributed by atoms with Gasteiger partial charge in [0.1, 0.15) is 5.75 Å². The molecule has 0 radical (unpaired) electrons. The number of para-hydroxylation sites is 1. The van der Waals surface area contributed by atoms with Crippen LogP contribution in [0.1, 0.15) is 19.8 Å². The molecule has 28 heavy (non-hydrogen) atoms. The fourth-order valence-corrected chi connectivity index (χ4v) is 4.96. The van der Waals surface area contributed by atoms with Crippen LogP contribution < -0.4 is 9.64 Å². The van der Waals surface area contributed by atoms with E-state index in [1.807, 2.05) is 37.3 Å². The predicted octanol–water partition coefficient (Wildman–Crippen LogP) is 3.15. The number of nitrogens with zero attached hydrogens (tertiary/aromatic N) is 2. The van der Waals surface area contributed by atoms with E-state index in [2.05, 4.69) is 0 Å². The van der Waals surface area contributed by atoms with Crippen LogP contribution >= 0.6 is 0 Å². The quantitative estimate of drug-likeness (QED) is 0.744. The Labute approximate surface area is 166 Å². The summed E-state index contributed by atoms with van der Waals surface area (Å²) in [4.78, 5) is 14.7. The van der Waals surface area contributed by atoms with Gasteiger partial charge in [-0.3, -0.25) is 4.79 Å². The van der Waals surface area contributed by atoms with Gasteiger partial charge in [-0.2, -0.15) is 4.31 Å². The van der Waals surface area contributed by atoms with Crippen LogP contribution in [0.25, 0.3) is 0 Å². The lowest BCUT2D eigenvalue weighted by Gasteiger charge is -2.33. The van der Waals surface area contributed by atoms with E-state index in [1.165, 1.54) is 4.31 Å². The van der Waals surface area contributed by atoms with E-state index >= 15 is 0 Å². The van der Waals surface area contributed by atoms with Crippen molar-refractivity contribution in [2.24, 2.45) is 5.92 Å². The Morgan fingerprint density at radius 1 is 1.14 bits per heavy atom. The predicted molar refractivity (Wildman–Crippen MR) is 109 cm³/mol. The third kappa shape index (κ3) is 4.36. The van der Waals surface area contributed by atoms with Crippen molar-refractivity contribution in [3.8, 4) is 5.75 Å². The summed E-state index contributed by atoms with van der Waals surface area (Å²) in [5.41, 5.74) is 0.805. The molecular weight excluding hydrogens is 376 g/mol. The van der Waals surface area contributed by atoms with Crippen LogP contribution in [0.2, 0.25) is 0 Å². The molecule has 0 saturated carbocycles. The Morgan fingerprint density at radius 2 is 1.82 bits per heavy atom. The van der Waals surface area contributed by atoms with Gasteiger partial charge in [0.05, 0.1) is 17.4 Å². The standard InChI is InChI=1S/C21H26N2O4S/c1-3-27-19-11-13-20(14-12-19)28(25,26)23-15-7-8-17(16-23)21(24)22(2)18-9-5-4-6-10-18/h4-6,9-14,17H,3,7-8,15-16H2,1-2H3/t17-/m0/s1. The Morgan fingerprint density at radius 3 is 2.46 bits per heavy atom. The number of carbonyl (C=O) groups is 1. The summed E-state index contributed by atoms with van der Waals surface area (Å²) in [6.45, 7) is 3.03. The summed E-state index contributed by atoms with van der Waals surface area (Å²) < 4.78 is 32.9. The Balaban J connectivity index is 1.74. The van der Waals surface area contributed by atoms with E-state index < -0.39 is 10.0 Å². The number of ether oxygens (including phenoxy) is 1. The van der Waals surface area contributed by atoms with Crippen molar-refractivity contribution < 1.29 is 17.9 Å². The number of sulfonamides is 1. The first-order valence-corrected chi connectivity index (χ1v) is 10.9. The van der Waals surface area contributed by atoms with Gasteiger partial charge in [-0.15, -0.1) is 0 Å². The smallest absolute Gasteiger partial charge is 0.243 e. The Bertz CT molecular complexity index is 898. The molecule has 1 heterocycles. The second-order valence-corrected chi connectivity index (χ2v) is 8.78. The van der Waals surface area contributed by atoms with Gasteiger partial charge in [0.15, 0.2) is 0 Å². The molecule has 0 N–H and O–H groups in total. The largest absolute Gasteiger partial charge is 0.494 e. The van der Waals surface area contributed by atoms with Crippen molar-refractivity contribution in [3.05, 3.63) is 54.6 Å². The zero-order valence-electron chi connectivity index (χ0n) is 16.2. The molecule has 0 aliphatic carbocycles. The summed E-state index contributed by atoms with van der Waals surface area (Å²) in [6.07, 6.45) is 1.35. The molecule has 2 aromatic rings. The number of hydrogen-bond acceptors (Lipinski definition) is 4. The van der Waals surface area contributed by atoms with Gasteiger partial charge in [-0.25, -0.2) is 8.42 Å². The molecule has 1 atom stereocenters. The third-order valence-corrected chi connectivity index (χ3v) is 6.86. The van der Waals surface area contributed by atoms with Crippen molar-refractivity contribution in [3.63, 3.8) is 0 Å². The number of carbonyl (C=O) groups excluding carboxylic acids is 1. The number of benzene rings is 2. The molecule has 0 aromatic heterocycles. The van der Waals surface area contributed by atoms with E-state index in [9.17, 15) is 13.2 Å². The van der Waals surface area contributed by atoms with Gasteiger partial charge < -0.3 is 9.64 Å². The normalized spacial score (nSPS) is 17.9. The second-order valence-electron chi connectivity index (χ2n) is 6.84. The summed E-state index contributed by atoms with van der Waals surface area (Å²) in [5, 5.41) is 0. The van der Waals surface area contributed by atoms with Crippen molar-refractivity contribution in [2.75, 3.05) is 31.6 Å². The number of piperidine rings is 1. The van der Waals surface area contributed by atoms with Gasteiger partial charge >= 0.3 is 0 Å². The number of anilines is 1. The first kappa shape index (κ1) is 20.4. The van der Waals surface area contributed by atoms with Crippen molar-refractivity contribution in [1.82, 2.24) is 4.31 Å². The minimum Gasteiger partial charge on any atom is -0.494 e. The molecule has 2 aromatic carbocycles. The van der Waals surface area contributed by atoms with E-state index in [0.29, 0.717) is 31.7 Å². The van der Waals surface area contributed by atoms with Crippen molar-refractivity contribution in [1.29, 1.82) is 0 Å². The fraction of sp³-hybridized carbons (Fsp3) is 0.381. The third-order valence-electron chi connectivity index (χ3n) is 4.98. The lowest BCUT2D eigenvalue weighted by molar-refractivity contribution is -0.123. The van der Waals surface area contributed by atoms with Crippen LogP contribution in [0.4, 0.5) is 5.69 Å². The number of amides is 1. The summed E-state index contributed by atoms with van der Waals surface area (Å²) in [6, 6.07) is 15.8. The van der Waals surface area contributed by atoms with Crippen LogP contribution in [-0.2, 0) is 14.8 Å². The van der Waals surface area contributed by atoms with Gasteiger partial charge in [-0.1, -0.05) is 18.2 Å². The first-order valence-electron chi connectivity index (χ1n) is 9.49. The molecule has 1 aliphatic heterocycles. The molecule has 150 valence electrons. The SMILES string of the molecule is CCOc1ccc(S(=O)(=O)N2CCC[C@H](C(=O)N(C)c3ccccc3)C2)cc1. The maximum Gasteiger partial charge on any atom is 0.243 e. The first-order chi connectivity index (χ1) is 13.4. The van der Waals surface area contributed by atoms with Gasteiger partial charge in [0.25, 0.3) is 0 Å². The van der Waals surface area contributed by atoms with Gasteiger partial charge in [0, 0.05) is 25.8 Å². The topological polar surface area (TPSA) is 66.9 Å². The molecule has 1 fully saturated rings. The highest BCUT2D eigenvalue weighted by molar-refractivity contribution is 7.89. The monoisotopic (exact) mass is 402 g/mol. The van der Waals surface area contributed by atoms with Crippen LogP contribution in [-0.4, -0.2) is 45.4 Å². The molecule has 0 spiro atoms. The van der Waals surface area contributed by atoms with Crippen LogP contribution in [0.3, 0.4) is 0 Å². The second kappa shape index (κ2) is 8.75. The Kier molecular flexibility index (Phi) is 6.36. The molecule has 0 unspecified atom stereocenters. The van der Waals surface area contributed by atoms with E-state index in [-0.39, 0.29) is 23.3 Å². The van der Waals surface area contributed by atoms with Gasteiger partial charge in [0.2, 0.25) is 15.9 Å². The summed E-state index contributed by atoms with van der Waals surface area (Å²) in [5.74, 6) is 0.229. The zero-order valence-corrected chi connectivity index (χ0v) is 17.1. The minimum atomic E-state index is -3.64. The average molecular weight is 403 g/mol. The maximum absolute atomic E-state index is 13.0. The maximum atomic E-state index is 13.0. The molecule has 1 amide bonds. The molecule has 7 heteroatoms. The van der Waals surface area contributed by atoms with Crippen LogP contribution in [0.15, 0.2) is 59.5 Å².